The number of hydrogen-bond acceptors (Lipinski definition) is 1. The highest BCUT2D eigenvalue weighted by atomic mass is 32.2. The summed E-state index contributed by atoms with van der Waals surface area (Å²) >= 11 is 1.81. The van der Waals surface area contributed by atoms with Crippen LogP contribution in [-0.2, 0) is 0 Å². The molecule has 0 aromatic heterocycles. The molecule has 0 unspecified atom stereocenters. The van der Waals surface area contributed by atoms with Gasteiger partial charge in [0.15, 0.2) is 0 Å². The molecule has 0 fully saturated rings. The van der Waals surface area contributed by atoms with Gasteiger partial charge in [0.25, 0.3) is 0 Å². The second kappa shape index (κ2) is 5.31. The van der Waals surface area contributed by atoms with Crippen molar-refractivity contribution in [3.63, 3.8) is 0 Å². The van der Waals surface area contributed by atoms with Crippen LogP contribution in [0.5, 0.6) is 0 Å². The lowest BCUT2D eigenvalue weighted by atomic mass is 10.5. The Labute approximate surface area is 43.3 Å². The number of rotatable bonds is 3. The van der Waals surface area contributed by atoms with E-state index < -0.39 is 0 Å². The van der Waals surface area contributed by atoms with Gasteiger partial charge in [0.2, 0.25) is 0 Å². The monoisotopic (exact) mass is 104 g/mol. The molecule has 0 aliphatic rings. The zero-order chi connectivity index (χ0) is 4.83. The molecular weight excluding hydrogens is 94.1 g/mol. The van der Waals surface area contributed by atoms with E-state index >= 15 is 0 Å². The van der Waals surface area contributed by atoms with Crippen molar-refractivity contribution in [3.8, 4) is 0 Å². The zero-order valence-electron chi connectivity index (χ0n) is 4.03. The summed E-state index contributed by atoms with van der Waals surface area (Å²) in [5.74, 6) is 1.14. The molecule has 0 spiro atoms. The lowest BCUT2D eigenvalue weighted by Gasteiger charge is -1.86. The van der Waals surface area contributed by atoms with Gasteiger partial charge in [-0.05, 0) is 18.4 Å². The minimum absolute atomic E-state index is 0.584. The summed E-state index contributed by atoms with van der Waals surface area (Å²) in [6.45, 7) is 0.584. The highest BCUT2D eigenvalue weighted by Crippen LogP contribution is 1.91. The molecule has 0 atom stereocenters. The zero-order valence-corrected chi connectivity index (χ0v) is 4.85. The van der Waals surface area contributed by atoms with Gasteiger partial charge in [-0.2, -0.15) is 11.8 Å². The molecule has 1 radical (unpaired) electrons. The predicted molar refractivity (Wildman–Crippen MR) is 31.0 cm³/mol. The Balaban J connectivity index is 2.34. The maximum Gasteiger partial charge on any atom is 0.0108 e. The van der Waals surface area contributed by atoms with Gasteiger partial charge < -0.3 is 0 Å². The fourth-order valence-electron chi connectivity index (χ4n) is 0.217. The minimum Gasteiger partial charge on any atom is -0.258 e. The Morgan fingerprint density at radius 3 is 2.50 bits per heavy atom. The third kappa shape index (κ3) is 4.31. The molecule has 0 aliphatic carbocycles. The van der Waals surface area contributed by atoms with Crippen molar-refractivity contribution >= 4 is 11.8 Å². The van der Waals surface area contributed by atoms with Crippen LogP contribution in [0.2, 0.25) is 0 Å². The molecular formula is C4H10NS. The van der Waals surface area contributed by atoms with Crippen molar-refractivity contribution in [2.24, 2.45) is 0 Å². The Bertz CT molecular complexity index is 19.5. The normalized spacial score (nSPS) is 9.00. The van der Waals surface area contributed by atoms with Crippen molar-refractivity contribution < 1.29 is 0 Å². The first-order valence-corrected chi connectivity index (χ1v) is 3.44. The van der Waals surface area contributed by atoms with Gasteiger partial charge in [-0.1, -0.05) is 0 Å². The van der Waals surface area contributed by atoms with Gasteiger partial charge in [0.05, 0.1) is 0 Å². The van der Waals surface area contributed by atoms with Crippen molar-refractivity contribution in [3.05, 3.63) is 0 Å². The third-order valence-electron chi connectivity index (χ3n) is 0.525. The third-order valence-corrected chi connectivity index (χ3v) is 1.22. The van der Waals surface area contributed by atoms with Crippen molar-refractivity contribution in [1.82, 2.24) is 5.73 Å². The highest BCUT2D eigenvalue weighted by molar-refractivity contribution is 7.98. The summed E-state index contributed by atoms with van der Waals surface area (Å²) in [5.41, 5.74) is 6.69. The lowest BCUT2D eigenvalue weighted by Crippen LogP contribution is -1.85. The van der Waals surface area contributed by atoms with E-state index in [1.807, 2.05) is 0 Å². The average molecular weight is 104 g/mol. The fraction of sp³-hybridized carbons (Fsp3) is 1.00. The summed E-state index contributed by atoms with van der Waals surface area (Å²) in [4.78, 5) is 0. The van der Waals surface area contributed by atoms with Crippen molar-refractivity contribution in [2.75, 3.05) is 18.6 Å². The summed E-state index contributed by atoms with van der Waals surface area (Å²) in [5, 5.41) is 0. The Hall–Kier alpha value is 0.310. The first-order valence-electron chi connectivity index (χ1n) is 2.05. The molecule has 0 rings (SSSR count). The SMILES string of the molecule is CSCCC[NH]. The first kappa shape index (κ1) is 6.31. The van der Waals surface area contributed by atoms with E-state index in [0.717, 1.165) is 12.2 Å². The molecule has 37 valence electrons. The lowest BCUT2D eigenvalue weighted by molar-refractivity contribution is 0.918. The standard InChI is InChI=1S/C4H10NS/c1-6-4-2-3-5/h5H,2-4H2,1H3. The topological polar surface area (TPSA) is 23.8 Å². The largest absolute Gasteiger partial charge is 0.258 e. The van der Waals surface area contributed by atoms with E-state index in [1.165, 1.54) is 0 Å². The van der Waals surface area contributed by atoms with Crippen LogP contribution in [0.15, 0.2) is 0 Å². The first-order chi connectivity index (χ1) is 2.91. The van der Waals surface area contributed by atoms with E-state index in [2.05, 4.69) is 6.26 Å². The number of thioether (sulfide) groups is 1. The van der Waals surface area contributed by atoms with E-state index in [-0.39, 0.29) is 0 Å². The second-order valence-corrected chi connectivity index (χ2v) is 2.08. The molecule has 0 saturated carbocycles. The van der Waals surface area contributed by atoms with Crippen LogP contribution in [0.25, 0.3) is 0 Å². The van der Waals surface area contributed by atoms with Gasteiger partial charge in [0.1, 0.15) is 0 Å². The van der Waals surface area contributed by atoms with Crippen LogP contribution >= 0.6 is 11.8 Å². The molecule has 6 heavy (non-hydrogen) atoms. The quantitative estimate of drug-likeness (QED) is 0.490. The van der Waals surface area contributed by atoms with E-state index in [9.17, 15) is 0 Å². The molecule has 1 nitrogen and oxygen atoms in total. The summed E-state index contributed by atoms with van der Waals surface area (Å²) in [6, 6.07) is 0. The van der Waals surface area contributed by atoms with Crippen molar-refractivity contribution in [2.45, 2.75) is 6.42 Å². The molecule has 0 aromatic rings. The van der Waals surface area contributed by atoms with E-state index in [0.29, 0.717) is 6.54 Å². The molecule has 0 aromatic carbocycles. The molecule has 0 bridgehead atoms. The van der Waals surface area contributed by atoms with Gasteiger partial charge in [0, 0.05) is 6.54 Å². The van der Waals surface area contributed by atoms with Crippen LogP contribution in [0.1, 0.15) is 6.42 Å². The molecule has 1 N–H and O–H groups in total. The fourth-order valence-corrected chi connectivity index (χ4v) is 0.650. The summed E-state index contributed by atoms with van der Waals surface area (Å²) in [7, 11) is 0. The summed E-state index contributed by atoms with van der Waals surface area (Å²) in [6.07, 6.45) is 3.11. The van der Waals surface area contributed by atoms with Crippen LogP contribution in [0, 0.1) is 0 Å². The predicted octanol–water partition coefficient (Wildman–Crippen LogP) is 1.02. The number of hydrogen-bond donors (Lipinski definition) is 0. The van der Waals surface area contributed by atoms with Gasteiger partial charge >= 0.3 is 0 Å². The smallest absolute Gasteiger partial charge is 0.0108 e. The maximum absolute atomic E-state index is 6.69. The van der Waals surface area contributed by atoms with E-state index in [1.54, 1.807) is 11.8 Å². The molecule has 0 saturated heterocycles. The average Bonchev–Trinajstić information content (AvgIpc) is 1.61. The Morgan fingerprint density at radius 1 is 1.67 bits per heavy atom. The maximum atomic E-state index is 6.69. The van der Waals surface area contributed by atoms with Crippen molar-refractivity contribution in [1.29, 1.82) is 0 Å². The van der Waals surface area contributed by atoms with Crippen LogP contribution in [0.4, 0.5) is 0 Å². The van der Waals surface area contributed by atoms with Crippen LogP contribution < -0.4 is 5.73 Å². The van der Waals surface area contributed by atoms with Crippen LogP contribution in [-0.4, -0.2) is 18.6 Å². The Morgan fingerprint density at radius 2 is 2.33 bits per heavy atom. The van der Waals surface area contributed by atoms with Gasteiger partial charge in [-0.15, -0.1) is 0 Å². The summed E-state index contributed by atoms with van der Waals surface area (Å²) < 4.78 is 0. The molecule has 0 amide bonds. The Kier molecular flexibility index (Phi) is 5.58. The molecule has 0 aliphatic heterocycles. The highest BCUT2D eigenvalue weighted by Gasteiger charge is 1.76. The number of nitrogens with one attached hydrogen (secondary N) is 1. The van der Waals surface area contributed by atoms with E-state index in [4.69, 9.17) is 5.73 Å². The second-order valence-electron chi connectivity index (χ2n) is 1.10. The van der Waals surface area contributed by atoms with Gasteiger partial charge in [-0.3, -0.25) is 5.73 Å². The molecule has 0 heterocycles. The van der Waals surface area contributed by atoms with Crippen LogP contribution in [0.3, 0.4) is 0 Å². The minimum atomic E-state index is 0.584. The van der Waals surface area contributed by atoms with Gasteiger partial charge in [-0.25, -0.2) is 0 Å². The molecule has 2 heteroatoms.